The predicted octanol–water partition coefficient (Wildman–Crippen LogP) is 4.59. The van der Waals surface area contributed by atoms with Crippen LogP contribution >= 0.6 is 38.9 Å². The van der Waals surface area contributed by atoms with Crippen molar-refractivity contribution in [1.29, 1.82) is 0 Å². The normalized spacial score (nSPS) is 10.7. The van der Waals surface area contributed by atoms with Crippen molar-refractivity contribution in [3.8, 4) is 5.69 Å². The first-order valence-corrected chi connectivity index (χ1v) is 8.91. The van der Waals surface area contributed by atoms with Crippen LogP contribution in [0.2, 0.25) is 5.02 Å². The molecule has 0 saturated carbocycles. The van der Waals surface area contributed by atoms with E-state index in [9.17, 15) is 4.79 Å². The smallest absolute Gasteiger partial charge is 0.255 e. The molecule has 1 N–H and O–H groups in total. The van der Waals surface area contributed by atoms with Gasteiger partial charge < -0.3 is 5.32 Å². The molecule has 7 heteroatoms. The molecular formula is C16H13BrClN3OS. The number of benzene rings is 1. The Kier molecular flexibility index (Phi) is 4.84. The number of hydrogen-bond acceptors (Lipinski definition) is 3. The predicted molar refractivity (Wildman–Crippen MR) is 96.5 cm³/mol. The van der Waals surface area contributed by atoms with Crippen LogP contribution in [-0.4, -0.2) is 15.7 Å². The number of thiophene rings is 1. The number of hydrogen-bond donors (Lipinski definition) is 1. The summed E-state index contributed by atoms with van der Waals surface area (Å²) in [6, 6.07) is 9.36. The monoisotopic (exact) mass is 409 g/mol. The fraction of sp³-hybridized carbons (Fsp3) is 0.125. The zero-order chi connectivity index (χ0) is 16.4. The fourth-order valence-electron chi connectivity index (χ4n) is 2.21. The van der Waals surface area contributed by atoms with Crippen LogP contribution in [0.3, 0.4) is 0 Å². The van der Waals surface area contributed by atoms with E-state index in [1.54, 1.807) is 28.3 Å². The van der Waals surface area contributed by atoms with E-state index in [1.807, 2.05) is 36.6 Å². The second-order valence-corrected chi connectivity index (χ2v) is 7.30. The molecule has 3 aromatic rings. The molecule has 4 nitrogen and oxygen atoms in total. The minimum Gasteiger partial charge on any atom is -0.347 e. The Balaban J connectivity index is 1.77. The Bertz CT molecular complexity index is 859. The molecule has 0 bridgehead atoms. The standard InChI is InChI=1S/C16H13BrClN3OS/c1-10-15(16(22)19-7-14-5-11(17)9-23-14)8-20-21(10)13-4-2-3-12(18)6-13/h2-6,8-9H,7H2,1H3,(H,19,22). The summed E-state index contributed by atoms with van der Waals surface area (Å²) in [4.78, 5) is 13.4. The minimum atomic E-state index is -0.139. The number of nitrogens with zero attached hydrogens (tertiary/aromatic N) is 2. The molecule has 118 valence electrons. The summed E-state index contributed by atoms with van der Waals surface area (Å²) in [6.07, 6.45) is 1.58. The largest absolute Gasteiger partial charge is 0.347 e. The first-order chi connectivity index (χ1) is 11.0. The third-order valence-corrected chi connectivity index (χ3v) is 5.28. The van der Waals surface area contributed by atoms with Crippen LogP contribution in [0.5, 0.6) is 0 Å². The number of halogens is 2. The molecule has 2 aromatic heterocycles. The van der Waals surface area contributed by atoms with Crippen molar-refractivity contribution in [3.63, 3.8) is 0 Å². The van der Waals surface area contributed by atoms with Crippen LogP contribution in [0.15, 0.2) is 46.4 Å². The first kappa shape index (κ1) is 16.2. The molecule has 0 atom stereocenters. The summed E-state index contributed by atoms with van der Waals surface area (Å²) in [7, 11) is 0. The lowest BCUT2D eigenvalue weighted by molar-refractivity contribution is 0.0950. The summed E-state index contributed by atoms with van der Waals surface area (Å²) >= 11 is 11.0. The lowest BCUT2D eigenvalue weighted by atomic mass is 10.2. The van der Waals surface area contributed by atoms with Gasteiger partial charge in [0.05, 0.1) is 29.7 Å². The lowest BCUT2D eigenvalue weighted by Gasteiger charge is -2.06. The van der Waals surface area contributed by atoms with Gasteiger partial charge in [-0.3, -0.25) is 4.79 Å². The molecule has 0 aliphatic heterocycles. The van der Waals surface area contributed by atoms with Crippen LogP contribution in [0.1, 0.15) is 20.9 Å². The van der Waals surface area contributed by atoms with Gasteiger partial charge in [0.1, 0.15) is 0 Å². The summed E-state index contributed by atoms with van der Waals surface area (Å²) in [5.41, 5.74) is 2.16. The molecule has 0 radical (unpaired) electrons. The van der Waals surface area contributed by atoms with Crippen molar-refractivity contribution < 1.29 is 4.79 Å². The highest BCUT2D eigenvalue weighted by molar-refractivity contribution is 9.10. The molecule has 2 heterocycles. The molecule has 0 unspecified atom stereocenters. The maximum atomic E-state index is 12.4. The van der Waals surface area contributed by atoms with Crippen molar-refractivity contribution in [1.82, 2.24) is 15.1 Å². The van der Waals surface area contributed by atoms with Crippen LogP contribution < -0.4 is 5.32 Å². The molecule has 0 saturated heterocycles. The first-order valence-electron chi connectivity index (χ1n) is 6.86. The summed E-state index contributed by atoms with van der Waals surface area (Å²) in [5.74, 6) is -0.139. The van der Waals surface area contributed by atoms with E-state index in [0.29, 0.717) is 17.1 Å². The highest BCUT2D eigenvalue weighted by Crippen LogP contribution is 2.20. The molecule has 23 heavy (non-hydrogen) atoms. The number of aromatic nitrogens is 2. The Morgan fingerprint density at radius 3 is 2.96 bits per heavy atom. The second kappa shape index (κ2) is 6.86. The number of carbonyl (C=O) groups excluding carboxylic acids is 1. The van der Waals surface area contributed by atoms with Crippen LogP contribution in [0.25, 0.3) is 5.69 Å². The number of amides is 1. The van der Waals surface area contributed by atoms with Crippen LogP contribution in [0, 0.1) is 6.92 Å². The van der Waals surface area contributed by atoms with Gasteiger partial charge in [0.2, 0.25) is 0 Å². The van der Waals surface area contributed by atoms with Gasteiger partial charge in [-0.2, -0.15) is 5.10 Å². The number of rotatable bonds is 4. The van der Waals surface area contributed by atoms with Gasteiger partial charge in [0.25, 0.3) is 5.91 Å². The summed E-state index contributed by atoms with van der Waals surface area (Å²) in [6.45, 7) is 2.36. The summed E-state index contributed by atoms with van der Waals surface area (Å²) in [5, 5.41) is 9.84. The summed E-state index contributed by atoms with van der Waals surface area (Å²) < 4.78 is 2.74. The molecule has 0 aliphatic rings. The average molecular weight is 411 g/mol. The Morgan fingerprint density at radius 1 is 1.43 bits per heavy atom. The van der Waals surface area contributed by atoms with E-state index in [0.717, 1.165) is 20.7 Å². The lowest BCUT2D eigenvalue weighted by Crippen LogP contribution is -2.22. The van der Waals surface area contributed by atoms with Gasteiger partial charge in [-0.1, -0.05) is 17.7 Å². The highest BCUT2D eigenvalue weighted by atomic mass is 79.9. The average Bonchev–Trinajstić information content (AvgIpc) is 3.11. The maximum Gasteiger partial charge on any atom is 0.255 e. The zero-order valence-electron chi connectivity index (χ0n) is 12.2. The van der Waals surface area contributed by atoms with E-state index in [4.69, 9.17) is 11.6 Å². The Hall–Kier alpha value is -1.63. The number of nitrogens with one attached hydrogen (secondary N) is 1. The second-order valence-electron chi connectivity index (χ2n) is 4.95. The molecule has 3 rings (SSSR count). The molecule has 0 spiro atoms. The third-order valence-electron chi connectivity index (χ3n) is 3.35. The third kappa shape index (κ3) is 3.65. The fourth-order valence-corrected chi connectivity index (χ4v) is 3.79. The Morgan fingerprint density at radius 2 is 2.26 bits per heavy atom. The van der Waals surface area contributed by atoms with E-state index >= 15 is 0 Å². The van der Waals surface area contributed by atoms with Crippen LogP contribution in [0.4, 0.5) is 0 Å². The van der Waals surface area contributed by atoms with E-state index in [1.165, 1.54) is 0 Å². The van der Waals surface area contributed by atoms with E-state index < -0.39 is 0 Å². The highest BCUT2D eigenvalue weighted by Gasteiger charge is 2.15. The quantitative estimate of drug-likeness (QED) is 0.684. The SMILES string of the molecule is Cc1c(C(=O)NCc2cc(Br)cs2)cnn1-c1cccc(Cl)c1. The van der Waals surface area contributed by atoms with Gasteiger partial charge in [0, 0.05) is 19.8 Å². The topological polar surface area (TPSA) is 46.9 Å². The van der Waals surface area contributed by atoms with Crippen molar-refractivity contribution in [3.05, 3.63) is 67.5 Å². The van der Waals surface area contributed by atoms with Crippen LogP contribution in [-0.2, 0) is 6.54 Å². The van der Waals surface area contributed by atoms with Gasteiger partial charge in [-0.25, -0.2) is 4.68 Å². The molecule has 1 amide bonds. The molecular weight excluding hydrogens is 398 g/mol. The van der Waals surface area contributed by atoms with Gasteiger partial charge in [-0.05, 0) is 47.1 Å². The van der Waals surface area contributed by atoms with Crippen molar-refractivity contribution in [2.45, 2.75) is 13.5 Å². The molecule has 1 aromatic carbocycles. The van der Waals surface area contributed by atoms with E-state index in [2.05, 4.69) is 26.3 Å². The van der Waals surface area contributed by atoms with E-state index in [-0.39, 0.29) is 5.91 Å². The van der Waals surface area contributed by atoms with Crippen molar-refractivity contribution in [2.24, 2.45) is 0 Å². The Labute approximate surface area is 151 Å². The van der Waals surface area contributed by atoms with Gasteiger partial charge in [-0.15, -0.1) is 11.3 Å². The molecule has 0 aliphatic carbocycles. The van der Waals surface area contributed by atoms with Gasteiger partial charge in [0.15, 0.2) is 0 Å². The van der Waals surface area contributed by atoms with Crippen molar-refractivity contribution >= 4 is 44.8 Å². The maximum absolute atomic E-state index is 12.4. The van der Waals surface area contributed by atoms with Gasteiger partial charge >= 0.3 is 0 Å². The van der Waals surface area contributed by atoms with Crippen molar-refractivity contribution in [2.75, 3.05) is 0 Å². The molecule has 0 fully saturated rings. The number of carbonyl (C=O) groups is 1. The zero-order valence-corrected chi connectivity index (χ0v) is 15.4. The minimum absolute atomic E-state index is 0.139.